The molecule has 96 valence electrons. The van der Waals surface area contributed by atoms with E-state index in [9.17, 15) is 4.79 Å². The van der Waals surface area contributed by atoms with Crippen LogP contribution in [0.25, 0.3) is 0 Å². The molecule has 1 atom stereocenters. The lowest BCUT2D eigenvalue weighted by Crippen LogP contribution is -2.14. The number of nitrogens with two attached hydrogens (primary N) is 2. The Balaban J connectivity index is 1.99. The van der Waals surface area contributed by atoms with Gasteiger partial charge in [0.25, 0.3) is 5.91 Å². The maximum absolute atomic E-state index is 11.1. The molecule has 1 amide bonds. The predicted octanol–water partition coefficient (Wildman–Crippen LogP) is 2.12. The van der Waals surface area contributed by atoms with E-state index in [1.165, 1.54) is 17.5 Å². The molecule has 2 aromatic heterocycles. The van der Waals surface area contributed by atoms with Crippen molar-refractivity contribution in [1.29, 1.82) is 0 Å². The van der Waals surface area contributed by atoms with Gasteiger partial charge in [-0.1, -0.05) is 16.8 Å². The van der Waals surface area contributed by atoms with Crippen molar-refractivity contribution in [2.45, 2.75) is 18.9 Å². The van der Waals surface area contributed by atoms with E-state index in [2.05, 4.69) is 5.16 Å². The van der Waals surface area contributed by atoms with Crippen LogP contribution in [0.3, 0.4) is 0 Å². The van der Waals surface area contributed by atoms with E-state index in [4.69, 9.17) is 27.6 Å². The second kappa shape index (κ2) is 5.51. The van der Waals surface area contributed by atoms with Crippen LogP contribution >= 0.6 is 22.9 Å². The molecule has 2 heterocycles. The Labute approximate surface area is 113 Å². The Morgan fingerprint density at radius 2 is 2.33 bits per heavy atom. The number of hydrogen-bond acceptors (Lipinski definition) is 5. The van der Waals surface area contributed by atoms with Crippen molar-refractivity contribution in [1.82, 2.24) is 5.16 Å². The van der Waals surface area contributed by atoms with Gasteiger partial charge < -0.3 is 16.0 Å². The van der Waals surface area contributed by atoms with Gasteiger partial charge in [-0.3, -0.25) is 4.79 Å². The van der Waals surface area contributed by atoms with Gasteiger partial charge in [-0.05, 0) is 18.6 Å². The Kier molecular flexibility index (Phi) is 4.00. The zero-order valence-electron chi connectivity index (χ0n) is 9.43. The van der Waals surface area contributed by atoms with E-state index in [1.807, 2.05) is 12.1 Å². The highest BCUT2D eigenvalue weighted by Gasteiger charge is 2.16. The molecule has 5 nitrogen and oxygen atoms in total. The van der Waals surface area contributed by atoms with Crippen LogP contribution in [0.4, 0.5) is 0 Å². The monoisotopic (exact) mass is 285 g/mol. The number of carbonyl (C=O) groups is 1. The number of amides is 1. The molecule has 0 bridgehead atoms. The fourth-order valence-corrected chi connectivity index (χ4v) is 2.70. The smallest absolute Gasteiger partial charge is 0.253 e. The summed E-state index contributed by atoms with van der Waals surface area (Å²) >= 11 is 7.29. The summed E-state index contributed by atoms with van der Waals surface area (Å²) in [6.45, 7) is 0. The fraction of sp³-hybridized carbons (Fsp3) is 0.273. The van der Waals surface area contributed by atoms with Crippen molar-refractivity contribution in [3.05, 3.63) is 38.9 Å². The zero-order chi connectivity index (χ0) is 13.1. The molecule has 4 N–H and O–H groups in total. The van der Waals surface area contributed by atoms with Gasteiger partial charge >= 0.3 is 0 Å². The number of aromatic nitrogens is 1. The van der Waals surface area contributed by atoms with Gasteiger partial charge in [-0.2, -0.15) is 0 Å². The van der Waals surface area contributed by atoms with Crippen LogP contribution in [-0.2, 0) is 6.42 Å². The normalized spacial score (nSPS) is 12.6. The van der Waals surface area contributed by atoms with E-state index in [0.717, 1.165) is 4.88 Å². The summed E-state index contributed by atoms with van der Waals surface area (Å²) in [4.78, 5) is 12.1. The van der Waals surface area contributed by atoms with Gasteiger partial charge in [-0.15, -0.1) is 11.3 Å². The van der Waals surface area contributed by atoms with Crippen molar-refractivity contribution < 1.29 is 9.32 Å². The Hall–Kier alpha value is -1.37. The predicted molar refractivity (Wildman–Crippen MR) is 69.6 cm³/mol. The number of primary amides is 1. The molecular formula is C11H12ClN3O2S. The van der Waals surface area contributed by atoms with Crippen LogP contribution in [0.2, 0.25) is 4.34 Å². The minimum Gasteiger partial charge on any atom is -0.365 e. The summed E-state index contributed by atoms with van der Waals surface area (Å²) in [6.07, 6.45) is 2.46. The lowest BCUT2D eigenvalue weighted by atomic mass is 10.1. The molecule has 0 aromatic carbocycles. The van der Waals surface area contributed by atoms with Crippen molar-refractivity contribution in [2.75, 3.05) is 0 Å². The van der Waals surface area contributed by atoms with Crippen LogP contribution in [0, 0.1) is 0 Å². The number of nitrogens with zero attached hydrogens (tertiary/aromatic N) is 1. The summed E-state index contributed by atoms with van der Waals surface area (Å²) < 4.78 is 5.69. The summed E-state index contributed by atoms with van der Waals surface area (Å²) in [5.74, 6) is -0.0698. The Morgan fingerprint density at radius 3 is 2.94 bits per heavy atom. The molecule has 0 saturated heterocycles. The molecular weight excluding hydrogens is 274 g/mol. The highest BCUT2D eigenvalue weighted by molar-refractivity contribution is 7.16. The Bertz CT molecular complexity index is 552. The van der Waals surface area contributed by atoms with Gasteiger partial charge in [0, 0.05) is 17.3 Å². The van der Waals surface area contributed by atoms with Crippen LogP contribution in [0.15, 0.2) is 22.9 Å². The van der Waals surface area contributed by atoms with Crippen molar-refractivity contribution in [3.8, 4) is 0 Å². The SMILES string of the molecule is NC(=O)c1cnoc1CCC(N)c1ccc(Cl)s1. The third-order valence-electron chi connectivity index (χ3n) is 2.55. The molecule has 18 heavy (non-hydrogen) atoms. The number of aryl methyl sites for hydroxylation is 1. The highest BCUT2D eigenvalue weighted by atomic mass is 35.5. The quantitative estimate of drug-likeness (QED) is 0.879. The van der Waals surface area contributed by atoms with E-state index in [1.54, 1.807) is 0 Å². The van der Waals surface area contributed by atoms with Crippen molar-refractivity contribution in [2.24, 2.45) is 11.5 Å². The average Bonchev–Trinajstić information content (AvgIpc) is 2.94. The summed E-state index contributed by atoms with van der Waals surface area (Å²) in [5, 5.41) is 3.56. The molecule has 2 rings (SSSR count). The van der Waals surface area contributed by atoms with Gasteiger partial charge in [0.05, 0.1) is 10.5 Å². The first-order valence-corrected chi connectivity index (χ1v) is 6.51. The highest BCUT2D eigenvalue weighted by Crippen LogP contribution is 2.28. The molecule has 0 saturated carbocycles. The maximum Gasteiger partial charge on any atom is 0.253 e. The van der Waals surface area contributed by atoms with E-state index in [-0.39, 0.29) is 6.04 Å². The standard InChI is InChI=1S/C11H12ClN3O2S/c12-10-4-3-9(18-10)7(13)1-2-8-6(11(14)16)5-15-17-8/h3-5,7H,1-2,13H2,(H2,14,16). The van der Waals surface area contributed by atoms with Crippen molar-refractivity contribution in [3.63, 3.8) is 0 Å². The summed E-state index contributed by atoms with van der Waals surface area (Å²) in [6, 6.07) is 3.56. The first kappa shape index (κ1) is 13.1. The first-order valence-electron chi connectivity index (χ1n) is 5.32. The van der Waals surface area contributed by atoms with Gasteiger partial charge in [0.2, 0.25) is 0 Å². The van der Waals surface area contributed by atoms with Crippen LogP contribution in [0.5, 0.6) is 0 Å². The van der Waals surface area contributed by atoms with E-state index >= 15 is 0 Å². The second-order valence-electron chi connectivity index (χ2n) is 3.81. The second-order valence-corrected chi connectivity index (χ2v) is 5.56. The lowest BCUT2D eigenvalue weighted by molar-refractivity contribution is 0.0998. The largest absolute Gasteiger partial charge is 0.365 e. The molecule has 7 heteroatoms. The number of halogens is 1. The van der Waals surface area contributed by atoms with Gasteiger partial charge in [-0.25, -0.2) is 0 Å². The number of thiophene rings is 1. The molecule has 0 radical (unpaired) electrons. The fourth-order valence-electron chi connectivity index (χ4n) is 1.60. The maximum atomic E-state index is 11.1. The Morgan fingerprint density at radius 1 is 1.56 bits per heavy atom. The molecule has 0 fully saturated rings. The summed E-state index contributed by atoms with van der Waals surface area (Å²) in [5.41, 5.74) is 11.5. The van der Waals surface area contributed by atoms with Crippen LogP contribution in [-0.4, -0.2) is 11.1 Å². The van der Waals surface area contributed by atoms with Gasteiger partial charge in [0.1, 0.15) is 11.3 Å². The molecule has 0 aliphatic heterocycles. The number of carbonyl (C=O) groups excluding carboxylic acids is 1. The molecule has 1 unspecified atom stereocenters. The van der Waals surface area contributed by atoms with E-state index < -0.39 is 5.91 Å². The average molecular weight is 286 g/mol. The summed E-state index contributed by atoms with van der Waals surface area (Å²) in [7, 11) is 0. The topological polar surface area (TPSA) is 95.1 Å². The van der Waals surface area contributed by atoms with Gasteiger partial charge in [0.15, 0.2) is 0 Å². The number of rotatable bonds is 5. The minimum absolute atomic E-state index is 0.145. The van der Waals surface area contributed by atoms with Crippen molar-refractivity contribution >= 4 is 28.8 Å². The van der Waals surface area contributed by atoms with E-state index in [0.29, 0.717) is 28.5 Å². The third-order valence-corrected chi connectivity index (χ3v) is 3.92. The van der Waals surface area contributed by atoms with Crippen LogP contribution in [0.1, 0.15) is 33.5 Å². The number of hydrogen-bond donors (Lipinski definition) is 2. The minimum atomic E-state index is -0.543. The lowest BCUT2D eigenvalue weighted by Gasteiger charge is -2.07. The molecule has 0 aliphatic carbocycles. The third kappa shape index (κ3) is 2.90. The zero-order valence-corrected chi connectivity index (χ0v) is 11.0. The molecule has 0 aliphatic rings. The first-order chi connectivity index (χ1) is 8.58. The molecule has 2 aromatic rings. The molecule has 0 spiro atoms. The van der Waals surface area contributed by atoms with Crippen LogP contribution < -0.4 is 11.5 Å².